The Morgan fingerprint density at radius 1 is 1.19 bits per heavy atom. The van der Waals surface area contributed by atoms with E-state index in [2.05, 4.69) is 5.32 Å². The van der Waals surface area contributed by atoms with Gasteiger partial charge in [0.1, 0.15) is 6.07 Å². The van der Waals surface area contributed by atoms with Gasteiger partial charge in [-0.15, -0.1) is 0 Å². The molecule has 0 aromatic heterocycles. The zero-order valence-electron chi connectivity index (χ0n) is 13.7. The topological polar surface area (TPSA) is 90.3 Å². The number of halogens is 2. The predicted octanol–water partition coefficient (Wildman–Crippen LogP) is 2.63. The molecule has 0 aliphatic rings. The molecule has 26 heavy (non-hydrogen) atoms. The number of carbonyl (C=O) groups excluding carboxylic acids is 1. The molecule has 136 valence electrons. The Bertz CT molecular complexity index is 971. The quantitative estimate of drug-likeness (QED) is 0.835. The number of hydrogen-bond donors (Lipinski definition) is 1. The summed E-state index contributed by atoms with van der Waals surface area (Å²) in [7, 11) is -3.82. The van der Waals surface area contributed by atoms with Gasteiger partial charge in [0.15, 0.2) is 11.6 Å². The van der Waals surface area contributed by atoms with Crippen LogP contribution in [-0.2, 0) is 14.8 Å². The maximum absolute atomic E-state index is 13.4. The molecule has 0 heterocycles. The summed E-state index contributed by atoms with van der Waals surface area (Å²) in [4.78, 5) is 12.1. The minimum Gasteiger partial charge on any atom is -0.325 e. The third-order valence-electron chi connectivity index (χ3n) is 3.46. The molecule has 1 N–H and O–H groups in total. The third-order valence-corrected chi connectivity index (χ3v) is 4.65. The molecule has 1 amide bonds. The molecule has 0 atom stereocenters. The molecule has 0 radical (unpaired) electrons. The van der Waals surface area contributed by atoms with Gasteiger partial charge in [-0.25, -0.2) is 17.2 Å². The van der Waals surface area contributed by atoms with Crippen LogP contribution in [0, 0.1) is 23.0 Å². The van der Waals surface area contributed by atoms with Crippen LogP contribution in [0.5, 0.6) is 0 Å². The van der Waals surface area contributed by atoms with Crippen LogP contribution in [0.25, 0.3) is 0 Å². The standard InChI is InChI=1S/C17H15F2N3O3S/c1-26(24,25)22(13-6-7-14(18)15(19)10-13)9-8-17(23)21-16-5-3-2-4-12(16)11-20/h2-7,10H,8-9H2,1H3,(H,21,23). The van der Waals surface area contributed by atoms with Crippen LogP contribution in [-0.4, -0.2) is 27.1 Å². The first kappa shape index (κ1) is 19.3. The maximum Gasteiger partial charge on any atom is 0.232 e. The molecule has 0 aliphatic carbocycles. The number of amides is 1. The van der Waals surface area contributed by atoms with E-state index < -0.39 is 27.6 Å². The van der Waals surface area contributed by atoms with Crippen molar-refractivity contribution in [2.45, 2.75) is 6.42 Å². The van der Waals surface area contributed by atoms with Crippen LogP contribution in [0.4, 0.5) is 20.2 Å². The Kier molecular flexibility index (Phi) is 5.90. The zero-order valence-corrected chi connectivity index (χ0v) is 14.6. The fourth-order valence-electron chi connectivity index (χ4n) is 2.23. The number of anilines is 2. The highest BCUT2D eigenvalue weighted by atomic mass is 32.2. The molecule has 6 nitrogen and oxygen atoms in total. The van der Waals surface area contributed by atoms with E-state index in [9.17, 15) is 22.0 Å². The summed E-state index contributed by atoms with van der Waals surface area (Å²) in [5.41, 5.74) is 0.483. The Morgan fingerprint density at radius 3 is 2.50 bits per heavy atom. The van der Waals surface area contributed by atoms with Gasteiger partial charge in [-0.05, 0) is 24.3 Å². The van der Waals surface area contributed by atoms with Crippen molar-refractivity contribution in [1.82, 2.24) is 0 Å². The monoisotopic (exact) mass is 379 g/mol. The Balaban J connectivity index is 2.14. The summed E-state index contributed by atoms with van der Waals surface area (Å²) in [5.74, 6) is -2.82. The zero-order chi connectivity index (χ0) is 19.3. The van der Waals surface area contributed by atoms with Crippen LogP contribution in [0.2, 0.25) is 0 Å². The third kappa shape index (κ3) is 4.77. The summed E-state index contributed by atoms with van der Waals surface area (Å²) >= 11 is 0. The number of benzene rings is 2. The van der Waals surface area contributed by atoms with E-state index in [1.165, 1.54) is 6.07 Å². The second-order valence-electron chi connectivity index (χ2n) is 5.39. The van der Waals surface area contributed by atoms with Crippen molar-refractivity contribution in [3.05, 3.63) is 59.7 Å². The summed E-state index contributed by atoms with van der Waals surface area (Å²) < 4.78 is 51.1. The lowest BCUT2D eigenvalue weighted by Gasteiger charge is -2.22. The van der Waals surface area contributed by atoms with Crippen LogP contribution >= 0.6 is 0 Å². The van der Waals surface area contributed by atoms with Gasteiger partial charge in [0.25, 0.3) is 0 Å². The summed E-state index contributed by atoms with van der Waals surface area (Å²) in [5, 5.41) is 11.5. The molecular formula is C17H15F2N3O3S. The van der Waals surface area contributed by atoms with E-state index in [4.69, 9.17) is 5.26 Å². The van der Waals surface area contributed by atoms with Crippen molar-refractivity contribution in [2.75, 3.05) is 22.4 Å². The predicted molar refractivity (Wildman–Crippen MR) is 93.0 cm³/mol. The van der Waals surface area contributed by atoms with Crippen molar-refractivity contribution >= 4 is 27.3 Å². The number of hydrogen-bond acceptors (Lipinski definition) is 4. The summed E-state index contributed by atoms with van der Waals surface area (Å²) in [6, 6.07) is 11.0. The number of nitriles is 1. The molecule has 0 spiro atoms. The first-order valence-corrected chi connectivity index (χ1v) is 9.29. The van der Waals surface area contributed by atoms with Gasteiger partial charge in [0.05, 0.1) is 23.2 Å². The van der Waals surface area contributed by atoms with Gasteiger partial charge in [0.2, 0.25) is 15.9 Å². The summed E-state index contributed by atoms with van der Waals surface area (Å²) in [6.45, 7) is -0.273. The number of para-hydroxylation sites is 1. The number of rotatable bonds is 6. The van der Waals surface area contributed by atoms with Crippen molar-refractivity contribution in [3.8, 4) is 6.07 Å². The van der Waals surface area contributed by atoms with Crippen LogP contribution in [0.3, 0.4) is 0 Å². The average Bonchev–Trinajstić information content (AvgIpc) is 2.57. The maximum atomic E-state index is 13.4. The van der Waals surface area contributed by atoms with Gasteiger partial charge in [-0.3, -0.25) is 9.10 Å². The normalized spacial score (nSPS) is 10.8. The highest BCUT2D eigenvalue weighted by Gasteiger charge is 2.20. The van der Waals surface area contributed by atoms with Crippen LogP contribution < -0.4 is 9.62 Å². The van der Waals surface area contributed by atoms with E-state index in [0.717, 1.165) is 28.8 Å². The highest BCUT2D eigenvalue weighted by Crippen LogP contribution is 2.21. The second kappa shape index (κ2) is 7.93. The fourth-order valence-corrected chi connectivity index (χ4v) is 3.15. The van der Waals surface area contributed by atoms with Crippen molar-refractivity contribution in [3.63, 3.8) is 0 Å². The second-order valence-corrected chi connectivity index (χ2v) is 7.30. The fraction of sp³-hybridized carbons (Fsp3) is 0.176. The number of nitrogens with one attached hydrogen (secondary N) is 1. The van der Waals surface area contributed by atoms with Crippen LogP contribution in [0.15, 0.2) is 42.5 Å². The van der Waals surface area contributed by atoms with Crippen molar-refractivity contribution < 1.29 is 22.0 Å². The van der Waals surface area contributed by atoms with Gasteiger partial charge >= 0.3 is 0 Å². The molecule has 2 aromatic carbocycles. The van der Waals surface area contributed by atoms with E-state index in [1.807, 2.05) is 6.07 Å². The van der Waals surface area contributed by atoms with Gasteiger partial charge in [-0.1, -0.05) is 12.1 Å². The summed E-state index contributed by atoms with van der Waals surface area (Å²) in [6.07, 6.45) is 0.656. The van der Waals surface area contributed by atoms with Gasteiger partial charge < -0.3 is 5.32 Å². The van der Waals surface area contributed by atoms with Crippen molar-refractivity contribution in [2.24, 2.45) is 0 Å². The van der Waals surface area contributed by atoms with Crippen molar-refractivity contribution in [1.29, 1.82) is 5.26 Å². The molecule has 9 heteroatoms. The molecule has 0 bridgehead atoms. The molecule has 2 rings (SSSR count). The van der Waals surface area contributed by atoms with Gasteiger partial charge in [-0.2, -0.15) is 5.26 Å². The molecule has 0 unspecified atom stereocenters. The lowest BCUT2D eigenvalue weighted by molar-refractivity contribution is -0.116. The van der Waals surface area contributed by atoms with Crippen LogP contribution in [0.1, 0.15) is 12.0 Å². The first-order chi connectivity index (χ1) is 12.2. The molecule has 0 saturated carbocycles. The smallest absolute Gasteiger partial charge is 0.232 e. The lowest BCUT2D eigenvalue weighted by atomic mass is 10.2. The molecule has 2 aromatic rings. The molecular weight excluding hydrogens is 364 g/mol. The number of carbonyl (C=O) groups is 1. The minimum absolute atomic E-state index is 0.0865. The largest absolute Gasteiger partial charge is 0.325 e. The minimum atomic E-state index is -3.82. The van der Waals surface area contributed by atoms with E-state index in [-0.39, 0.29) is 24.2 Å². The SMILES string of the molecule is CS(=O)(=O)N(CCC(=O)Nc1ccccc1C#N)c1ccc(F)c(F)c1. The van der Waals surface area contributed by atoms with Gasteiger partial charge in [0, 0.05) is 19.0 Å². The Labute approximate surface area is 149 Å². The van der Waals surface area contributed by atoms with E-state index in [1.54, 1.807) is 18.2 Å². The van der Waals surface area contributed by atoms with E-state index in [0.29, 0.717) is 5.69 Å². The average molecular weight is 379 g/mol. The Morgan fingerprint density at radius 2 is 1.88 bits per heavy atom. The molecule has 0 saturated heterocycles. The number of sulfonamides is 1. The lowest BCUT2D eigenvalue weighted by Crippen LogP contribution is -2.33. The first-order valence-electron chi connectivity index (χ1n) is 7.44. The van der Waals surface area contributed by atoms with E-state index >= 15 is 0 Å². The molecule has 0 aliphatic heterocycles. The highest BCUT2D eigenvalue weighted by molar-refractivity contribution is 7.92. The molecule has 0 fully saturated rings. The number of nitrogens with zero attached hydrogens (tertiary/aromatic N) is 2. The Hall–Kier alpha value is -2.99.